The van der Waals surface area contributed by atoms with E-state index >= 15 is 0 Å². The van der Waals surface area contributed by atoms with Gasteiger partial charge in [0.25, 0.3) is 0 Å². The second-order valence-electron chi connectivity index (χ2n) is 8.13. The molecular formula is C24H30Cl3N3O5S. The van der Waals surface area contributed by atoms with Gasteiger partial charge in [0.1, 0.15) is 18.3 Å². The van der Waals surface area contributed by atoms with Gasteiger partial charge >= 0.3 is 0 Å². The van der Waals surface area contributed by atoms with Crippen LogP contribution < -0.4 is 14.4 Å². The zero-order valence-electron chi connectivity index (χ0n) is 20.6. The van der Waals surface area contributed by atoms with Crippen LogP contribution in [0.1, 0.15) is 32.3 Å². The summed E-state index contributed by atoms with van der Waals surface area (Å²) in [5, 5.41) is 3.70. The number of hydrogen-bond donors (Lipinski definition) is 1. The number of anilines is 1. The highest BCUT2D eigenvalue weighted by Gasteiger charge is 2.32. The van der Waals surface area contributed by atoms with E-state index in [0.717, 1.165) is 23.4 Å². The van der Waals surface area contributed by atoms with Crippen molar-refractivity contribution in [2.45, 2.75) is 39.3 Å². The van der Waals surface area contributed by atoms with Crippen LogP contribution in [0.5, 0.6) is 5.75 Å². The van der Waals surface area contributed by atoms with Gasteiger partial charge in [-0.3, -0.25) is 13.9 Å². The average molecular weight is 579 g/mol. The van der Waals surface area contributed by atoms with Gasteiger partial charge in [-0.05, 0) is 43.7 Å². The Labute approximate surface area is 227 Å². The van der Waals surface area contributed by atoms with E-state index in [0.29, 0.717) is 22.2 Å². The van der Waals surface area contributed by atoms with Crippen molar-refractivity contribution in [3.8, 4) is 5.75 Å². The minimum atomic E-state index is -3.95. The third-order valence-electron chi connectivity index (χ3n) is 5.48. The molecule has 0 aliphatic rings. The Balaban J connectivity index is 2.48. The standard InChI is InChI=1S/C24H30Cl3N3O5S/c1-5-6-12-28-24(32)16(2)29(14-18-19(26)8-7-9-20(18)27)23(31)15-30(36(4,33)34)21-13-17(25)10-11-22(21)35-3/h7-11,13,16H,5-6,12,14-15H2,1-4H3,(H,28,32)/t16-/m1/s1. The largest absolute Gasteiger partial charge is 0.495 e. The molecule has 8 nitrogen and oxygen atoms in total. The van der Waals surface area contributed by atoms with Crippen molar-refractivity contribution in [3.63, 3.8) is 0 Å². The quantitative estimate of drug-likeness (QED) is 0.367. The van der Waals surface area contributed by atoms with Crippen LogP contribution in [-0.2, 0) is 26.2 Å². The van der Waals surface area contributed by atoms with Gasteiger partial charge in [0.2, 0.25) is 21.8 Å². The number of nitrogens with zero attached hydrogens (tertiary/aromatic N) is 2. The molecule has 0 saturated carbocycles. The van der Waals surface area contributed by atoms with Crippen LogP contribution >= 0.6 is 34.8 Å². The lowest BCUT2D eigenvalue weighted by Crippen LogP contribution is -2.51. The van der Waals surface area contributed by atoms with Crippen LogP contribution in [0.15, 0.2) is 36.4 Å². The Hall–Kier alpha value is -2.20. The highest BCUT2D eigenvalue weighted by atomic mass is 35.5. The second kappa shape index (κ2) is 13.4. The van der Waals surface area contributed by atoms with Crippen LogP contribution in [-0.4, -0.2) is 57.6 Å². The fourth-order valence-electron chi connectivity index (χ4n) is 3.43. The average Bonchev–Trinajstić information content (AvgIpc) is 2.81. The first-order valence-electron chi connectivity index (χ1n) is 11.2. The van der Waals surface area contributed by atoms with Gasteiger partial charge in [-0.2, -0.15) is 0 Å². The monoisotopic (exact) mass is 577 g/mol. The molecule has 0 fully saturated rings. The SMILES string of the molecule is CCCCNC(=O)[C@@H](C)N(Cc1c(Cl)cccc1Cl)C(=O)CN(c1cc(Cl)ccc1OC)S(C)(=O)=O. The van der Waals surface area contributed by atoms with E-state index in [1.54, 1.807) is 31.2 Å². The molecule has 0 unspecified atom stereocenters. The molecular weight excluding hydrogens is 549 g/mol. The number of benzene rings is 2. The lowest BCUT2D eigenvalue weighted by Gasteiger charge is -2.32. The van der Waals surface area contributed by atoms with Gasteiger partial charge in [0.15, 0.2) is 0 Å². The summed E-state index contributed by atoms with van der Waals surface area (Å²) >= 11 is 18.8. The summed E-state index contributed by atoms with van der Waals surface area (Å²) in [6.07, 6.45) is 2.63. The molecule has 198 valence electrons. The predicted octanol–water partition coefficient (Wildman–Crippen LogP) is 4.76. The van der Waals surface area contributed by atoms with E-state index < -0.39 is 28.5 Å². The molecule has 1 atom stereocenters. The molecule has 0 bridgehead atoms. The van der Waals surface area contributed by atoms with Crippen molar-refractivity contribution >= 4 is 62.3 Å². The summed E-state index contributed by atoms with van der Waals surface area (Å²) in [7, 11) is -2.58. The smallest absolute Gasteiger partial charge is 0.244 e. The number of ether oxygens (including phenoxy) is 1. The maximum Gasteiger partial charge on any atom is 0.244 e. The van der Waals surface area contributed by atoms with Crippen LogP contribution in [0, 0.1) is 0 Å². The normalized spacial score (nSPS) is 12.1. The zero-order valence-corrected chi connectivity index (χ0v) is 23.6. The van der Waals surface area contributed by atoms with Crippen LogP contribution in [0.4, 0.5) is 5.69 Å². The third-order valence-corrected chi connectivity index (χ3v) is 7.55. The summed E-state index contributed by atoms with van der Waals surface area (Å²) in [6.45, 7) is 3.29. The van der Waals surface area contributed by atoms with Crippen molar-refractivity contribution in [2.75, 3.05) is 30.8 Å². The fourth-order valence-corrected chi connectivity index (χ4v) is 4.95. The number of carbonyl (C=O) groups is 2. The highest BCUT2D eigenvalue weighted by Crippen LogP contribution is 2.33. The molecule has 0 aromatic heterocycles. The van der Waals surface area contributed by atoms with Crippen molar-refractivity contribution in [1.82, 2.24) is 10.2 Å². The topological polar surface area (TPSA) is 96.0 Å². The number of carbonyl (C=O) groups excluding carboxylic acids is 2. The van der Waals surface area contributed by atoms with Gasteiger partial charge in [-0.1, -0.05) is 54.2 Å². The molecule has 2 aromatic carbocycles. The number of halogens is 3. The minimum absolute atomic E-state index is 0.0941. The third kappa shape index (κ3) is 7.90. The number of unbranched alkanes of at least 4 members (excludes halogenated alkanes) is 1. The molecule has 0 aliphatic heterocycles. The molecule has 0 saturated heterocycles. The van der Waals surface area contributed by atoms with E-state index in [-0.39, 0.29) is 28.9 Å². The molecule has 2 amide bonds. The first kappa shape index (κ1) is 30.0. The summed E-state index contributed by atoms with van der Waals surface area (Å²) in [6, 6.07) is 8.41. The van der Waals surface area contributed by atoms with Gasteiger partial charge in [-0.25, -0.2) is 8.42 Å². The summed E-state index contributed by atoms with van der Waals surface area (Å²) in [5.41, 5.74) is 0.533. The Morgan fingerprint density at radius 3 is 2.31 bits per heavy atom. The Kier molecular flexibility index (Phi) is 11.2. The van der Waals surface area contributed by atoms with Gasteiger partial charge in [0.05, 0.1) is 19.1 Å². The van der Waals surface area contributed by atoms with E-state index in [1.165, 1.54) is 24.1 Å². The van der Waals surface area contributed by atoms with E-state index in [9.17, 15) is 18.0 Å². The first-order chi connectivity index (χ1) is 16.9. The Morgan fingerprint density at radius 1 is 1.11 bits per heavy atom. The van der Waals surface area contributed by atoms with E-state index in [1.807, 2.05) is 6.92 Å². The maximum absolute atomic E-state index is 13.6. The molecule has 0 spiro atoms. The van der Waals surface area contributed by atoms with Gasteiger partial charge < -0.3 is 15.0 Å². The molecule has 2 aromatic rings. The lowest BCUT2D eigenvalue weighted by molar-refractivity contribution is -0.139. The van der Waals surface area contributed by atoms with Crippen molar-refractivity contribution in [2.24, 2.45) is 0 Å². The van der Waals surface area contributed by atoms with E-state index in [2.05, 4.69) is 5.32 Å². The molecule has 1 N–H and O–H groups in total. The fraction of sp³-hybridized carbons (Fsp3) is 0.417. The molecule has 36 heavy (non-hydrogen) atoms. The van der Waals surface area contributed by atoms with Crippen LogP contribution in [0.25, 0.3) is 0 Å². The van der Waals surface area contributed by atoms with Crippen molar-refractivity contribution in [1.29, 1.82) is 0 Å². The van der Waals surface area contributed by atoms with Gasteiger partial charge in [0, 0.05) is 33.7 Å². The number of amides is 2. The van der Waals surface area contributed by atoms with Gasteiger partial charge in [-0.15, -0.1) is 0 Å². The first-order valence-corrected chi connectivity index (χ1v) is 14.2. The molecule has 12 heteroatoms. The number of methoxy groups -OCH3 is 1. The maximum atomic E-state index is 13.6. The summed E-state index contributed by atoms with van der Waals surface area (Å²) in [4.78, 5) is 27.8. The van der Waals surface area contributed by atoms with Crippen molar-refractivity contribution < 1.29 is 22.7 Å². The molecule has 0 radical (unpaired) electrons. The number of rotatable bonds is 12. The molecule has 2 rings (SSSR count). The molecule has 0 aliphatic carbocycles. The zero-order chi connectivity index (χ0) is 27.0. The Bertz CT molecular complexity index is 1170. The summed E-state index contributed by atoms with van der Waals surface area (Å²) in [5.74, 6) is -0.813. The number of sulfonamides is 1. The highest BCUT2D eigenvalue weighted by molar-refractivity contribution is 7.92. The van der Waals surface area contributed by atoms with Crippen LogP contribution in [0.2, 0.25) is 15.1 Å². The molecule has 0 heterocycles. The lowest BCUT2D eigenvalue weighted by atomic mass is 10.1. The van der Waals surface area contributed by atoms with Crippen molar-refractivity contribution in [3.05, 3.63) is 57.0 Å². The van der Waals surface area contributed by atoms with Crippen LogP contribution in [0.3, 0.4) is 0 Å². The number of hydrogen-bond acceptors (Lipinski definition) is 5. The minimum Gasteiger partial charge on any atom is -0.495 e. The predicted molar refractivity (Wildman–Crippen MR) is 145 cm³/mol. The number of nitrogens with one attached hydrogen (secondary N) is 1. The van der Waals surface area contributed by atoms with E-state index in [4.69, 9.17) is 39.5 Å². The summed E-state index contributed by atoms with van der Waals surface area (Å²) < 4.78 is 31.7. The second-order valence-corrected chi connectivity index (χ2v) is 11.3. The Morgan fingerprint density at radius 2 is 1.75 bits per heavy atom.